The highest BCUT2D eigenvalue weighted by molar-refractivity contribution is 9.11. The lowest BCUT2D eigenvalue weighted by Crippen LogP contribution is -1.84. The van der Waals surface area contributed by atoms with Gasteiger partial charge in [0.25, 0.3) is 0 Å². The van der Waals surface area contributed by atoms with E-state index in [1.54, 1.807) is 0 Å². The monoisotopic (exact) mass is 359 g/mol. The van der Waals surface area contributed by atoms with Crippen LogP contribution in [0.5, 0.6) is 0 Å². The van der Waals surface area contributed by atoms with E-state index in [0.29, 0.717) is 5.56 Å². The van der Waals surface area contributed by atoms with Crippen molar-refractivity contribution >= 4 is 53.4 Å². The van der Waals surface area contributed by atoms with Gasteiger partial charge in [0.2, 0.25) is 0 Å². The average Bonchev–Trinajstić information content (AvgIpc) is 2.44. The van der Waals surface area contributed by atoms with Gasteiger partial charge in [0.1, 0.15) is 0 Å². The first kappa shape index (κ1) is 11.7. The van der Waals surface area contributed by atoms with Gasteiger partial charge in [0, 0.05) is 8.95 Å². The summed E-state index contributed by atoms with van der Waals surface area (Å²) in [6, 6.07) is 16.1. The van der Waals surface area contributed by atoms with Gasteiger partial charge < -0.3 is 0 Å². The molecular formula is C15H7Br2N. The van der Waals surface area contributed by atoms with Gasteiger partial charge in [-0.2, -0.15) is 5.26 Å². The van der Waals surface area contributed by atoms with E-state index in [4.69, 9.17) is 5.26 Å². The summed E-state index contributed by atoms with van der Waals surface area (Å²) in [6.07, 6.45) is 0. The lowest BCUT2D eigenvalue weighted by Gasteiger charge is -2.09. The van der Waals surface area contributed by atoms with Crippen molar-refractivity contribution in [1.29, 1.82) is 5.26 Å². The third-order valence-electron chi connectivity index (χ3n) is 3.02. The second-order valence-electron chi connectivity index (χ2n) is 4.05. The Labute approximate surface area is 121 Å². The summed E-state index contributed by atoms with van der Waals surface area (Å²) in [5, 5.41) is 13.5. The summed E-state index contributed by atoms with van der Waals surface area (Å²) >= 11 is 7.31. The van der Waals surface area contributed by atoms with Gasteiger partial charge in [-0.25, -0.2) is 0 Å². The van der Waals surface area contributed by atoms with E-state index in [9.17, 15) is 0 Å². The number of hydrogen-bond donors (Lipinski definition) is 0. The number of hydrogen-bond acceptors (Lipinski definition) is 1. The fourth-order valence-electron chi connectivity index (χ4n) is 2.14. The highest BCUT2D eigenvalue weighted by Gasteiger charge is 2.10. The van der Waals surface area contributed by atoms with Gasteiger partial charge in [-0.05, 0) is 65.5 Å². The lowest BCUT2D eigenvalue weighted by atomic mass is 10.0. The minimum absolute atomic E-state index is 0.672. The number of nitriles is 1. The Morgan fingerprint density at radius 1 is 0.778 bits per heavy atom. The molecule has 0 amide bonds. The van der Waals surface area contributed by atoms with Crippen LogP contribution in [0.25, 0.3) is 21.5 Å². The molecule has 0 radical (unpaired) electrons. The molecule has 3 rings (SSSR count). The summed E-state index contributed by atoms with van der Waals surface area (Å²) in [4.78, 5) is 0. The van der Waals surface area contributed by atoms with Crippen LogP contribution in [0, 0.1) is 11.3 Å². The third-order valence-corrected chi connectivity index (χ3v) is 4.73. The number of benzene rings is 3. The second-order valence-corrected chi connectivity index (χ2v) is 5.63. The number of nitrogens with zero attached hydrogens (tertiary/aromatic N) is 1. The molecule has 0 saturated heterocycles. The molecule has 3 heteroatoms. The van der Waals surface area contributed by atoms with E-state index in [1.165, 1.54) is 5.39 Å². The van der Waals surface area contributed by atoms with Crippen LogP contribution in [0.2, 0.25) is 0 Å². The van der Waals surface area contributed by atoms with E-state index >= 15 is 0 Å². The molecule has 0 aliphatic heterocycles. The Morgan fingerprint density at radius 2 is 1.33 bits per heavy atom. The van der Waals surface area contributed by atoms with Gasteiger partial charge in [-0.1, -0.05) is 30.3 Å². The fourth-order valence-corrected chi connectivity index (χ4v) is 3.51. The Kier molecular flexibility index (Phi) is 2.85. The smallest absolute Gasteiger partial charge is 0.0991 e. The van der Waals surface area contributed by atoms with E-state index in [1.807, 2.05) is 30.3 Å². The second kappa shape index (κ2) is 4.38. The topological polar surface area (TPSA) is 23.8 Å². The highest BCUT2D eigenvalue weighted by Crippen LogP contribution is 2.39. The van der Waals surface area contributed by atoms with Crippen LogP contribution in [-0.2, 0) is 0 Å². The van der Waals surface area contributed by atoms with E-state index in [2.05, 4.69) is 50.1 Å². The standard InChI is InChI=1S/C15H7Br2N/c16-14-10-3-1-2-4-11(10)15(17)13-7-9(8-18)5-6-12(13)14/h1-7H. The molecule has 0 fully saturated rings. The van der Waals surface area contributed by atoms with Crippen LogP contribution in [0.1, 0.15) is 5.56 Å². The van der Waals surface area contributed by atoms with E-state index in [0.717, 1.165) is 25.1 Å². The summed E-state index contributed by atoms with van der Waals surface area (Å²) in [5.74, 6) is 0. The fraction of sp³-hybridized carbons (Fsp3) is 0. The van der Waals surface area contributed by atoms with Crippen LogP contribution in [-0.4, -0.2) is 0 Å². The zero-order chi connectivity index (χ0) is 12.7. The van der Waals surface area contributed by atoms with Gasteiger partial charge in [0.15, 0.2) is 0 Å². The van der Waals surface area contributed by atoms with Gasteiger partial charge >= 0.3 is 0 Å². The molecule has 3 aromatic rings. The first-order valence-corrected chi connectivity index (χ1v) is 7.00. The minimum atomic E-state index is 0.672. The molecule has 18 heavy (non-hydrogen) atoms. The van der Waals surface area contributed by atoms with Crippen molar-refractivity contribution in [1.82, 2.24) is 0 Å². The van der Waals surface area contributed by atoms with Crippen LogP contribution >= 0.6 is 31.9 Å². The van der Waals surface area contributed by atoms with Crippen molar-refractivity contribution in [3.8, 4) is 6.07 Å². The molecule has 1 nitrogen and oxygen atoms in total. The Morgan fingerprint density at radius 3 is 1.94 bits per heavy atom. The van der Waals surface area contributed by atoms with Crippen LogP contribution in [0.3, 0.4) is 0 Å². The summed E-state index contributed by atoms with van der Waals surface area (Å²) in [5.41, 5.74) is 0.672. The Bertz CT molecular complexity index is 816. The molecule has 0 aliphatic carbocycles. The van der Waals surface area contributed by atoms with Crippen molar-refractivity contribution in [3.63, 3.8) is 0 Å². The largest absolute Gasteiger partial charge is 0.192 e. The van der Waals surface area contributed by atoms with Gasteiger partial charge in [-0.3, -0.25) is 0 Å². The molecule has 86 valence electrons. The van der Waals surface area contributed by atoms with Gasteiger partial charge in [-0.15, -0.1) is 0 Å². The minimum Gasteiger partial charge on any atom is -0.192 e. The first-order valence-electron chi connectivity index (χ1n) is 5.42. The normalized spacial score (nSPS) is 10.7. The summed E-state index contributed by atoms with van der Waals surface area (Å²) in [7, 11) is 0. The Balaban J connectivity index is 2.59. The number of rotatable bonds is 0. The van der Waals surface area contributed by atoms with E-state index in [-0.39, 0.29) is 0 Å². The maximum Gasteiger partial charge on any atom is 0.0991 e. The van der Waals surface area contributed by atoms with Crippen molar-refractivity contribution in [2.24, 2.45) is 0 Å². The molecule has 3 aromatic carbocycles. The maximum absolute atomic E-state index is 8.99. The third kappa shape index (κ3) is 1.65. The maximum atomic E-state index is 8.99. The van der Waals surface area contributed by atoms with Crippen LogP contribution < -0.4 is 0 Å². The zero-order valence-corrected chi connectivity index (χ0v) is 12.4. The number of fused-ring (bicyclic) bond motifs is 2. The van der Waals surface area contributed by atoms with Crippen molar-refractivity contribution in [3.05, 3.63) is 57.0 Å². The summed E-state index contributed by atoms with van der Waals surface area (Å²) < 4.78 is 2.11. The van der Waals surface area contributed by atoms with Crippen molar-refractivity contribution in [2.45, 2.75) is 0 Å². The SMILES string of the molecule is N#Cc1ccc2c(Br)c3ccccc3c(Br)c2c1. The molecule has 0 saturated carbocycles. The molecule has 0 aliphatic rings. The predicted octanol–water partition coefficient (Wildman–Crippen LogP) is 5.39. The summed E-state index contributed by atoms with van der Waals surface area (Å²) in [6.45, 7) is 0. The Hall–Kier alpha value is -1.37. The molecule has 0 aromatic heterocycles. The molecule has 0 bridgehead atoms. The van der Waals surface area contributed by atoms with Gasteiger partial charge in [0.05, 0.1) is 11.6 Å². The molecule has 0 atom stereocenters. The molecular weight excluding hydrogens is 354 g/mol. The molecule has 0 heterocycles. The molecule has 0 unspecified atom stereocenters. The highest BCUT2D eigenvalue weighted by atomic mass is 79.9. The quantitative estimate of drug-likeness (QED) is 0.493. The number of halogens is 2. The zero-order valence-electron chi connectivity index (χ0n) is 9.24. The van der Waals surface area contributed by atoms with E-state index < -0.39 is 0 Å². The molecule has 0 N–H and O–H groups in total. The molecule has 0 spiro atoms. The van der Waals surface area contributed by atoms with Crippen LogP contribution in [0.4, 0.5) is 0 Å². The van der Waals surface area contributed by atoms with Crippen LogP contribution in [0.15, 0.2) is 51.4 Å². The lowest BCUT2D eigenvalue weighted by molar-refractivity contribution is 1.50. The first-order chi connectivity index (χ1) is 8.72. The average molecular weight is 361 g/mol. The van der Waals surface area contributed by atoms with Crippen molar-refractivity contribution in [2.75, 3.05) is 0 Å². The predicted molar refractivity (Wildman–Crippen MR) is 81.6 cm³/mol. The van der Waals surface area contributed by atoms with Crippen molar-refractivity contribution < 1.29 is 0 Å².